The van der Waals surface area contributed by atoms with Gasteiger partial charge in [0.05, 0.1) is 6.04 Å². The molecule has 2 N–H and O–H groups in total. The number of benzene rings is 2. The van der Waals surface area contributed by atoms with E-state index in [-0.39, 0.29) is 6.04 Å². The van der Waals surface area contributed by atoms with Crippen LogP contribution in [0.4, 0.5) is 0 Å². The molecule has 18 heavy (non-hydrogen) atoms. The molecule has 90 valence electrons. The van der Waals surface area contributed by atoms with Gasteiger partial charge in [-0.05, 0) is 46.3 Å². The number of nitrogens with two attached hydrogens (primary N) is 1. The van der Waals surface area contributed by atoms with E-state index in [9.17, 15) is 0 Å². The lowest BCUT2D eigenvalue weighted by Crippen LogP contribution is -2.11. The number of hydrogen-bond acceptors (Lipinski definition) is 2. The Labute approximate surface area is 111 Å². The molecule has 0 fully saturated rings. The molecular formula is C16H15NS. The fourth-order valence-corrected chi connectivity index (χ4v) is 3.05. The Bertz CT molecular complexity index is 684. The van der Waals surface area contributed by atoms with Crippen molar-refractivity contribution >= 4 is 22.1 Å². The molecule has 1 heterocycles. The van der Waals surface area contributed by atoms with E-state index in [4.69, 9.17) is 5.73 Å². The predicted octanol–water partition coefficient (Wildman–Crippen LogP) is 4.26. The van der Waals surface area contributed by atoms with Gasteiger partial charge in [-0.3, -0.25) is 0 Å². The van der Waals surface area contributed by atoms with Gasteiger partial charge in [-0.1, -0.05) is 36.4 Å². The van der Waals surface area contributed by atoms with Crippen LogP contribution >= 0.6 is 11.3 Å². The largest absolute Gasteiger partial charge is 0.320 e. The maximum absolute atomic E-state index is 6.36. The molecule has 0 amide bonds. The highest BCUT2D eigenvalue weighted by atomic mass is 32.1. The Morgan fingerprint density at radius 1 is 1.00 bits per heavy atom. The molecule has 1 atom stereocenters. The molecule has 1 unspecified atom stereocenters. The molecule has 1 nitrogen and oxygen atoms in total. The Hall–Kier alpha value is -1.64. The van der Waals surface area contributed by atoms with Gasteiger partial charge >= 0.3 is 0 Å². The van der Waals surface area contributed by atoms with Crippen LogP contribution in [0, 0.1) is 6.92 Å². The van der Waals surface area contributed by atoms with Gasteiger partial charge in [0.25, 0.3) is 0 Å². The first-order valence-corrected chi connectivity index (χ1v) is 6.92. The fourth-order valence-electron chi connectivity index (χ4n) is 2.30. The van der Waals surface area contributed by atoms with E-state index in [0.29, 0.717) is 0 Å². The highest BCUT2D eigenvalue weighted by Gasteiger charge is 2.12. The zero-order chi connectivity index (χ0) is 12.5. The summed E-state index contributed by atoms with van der Waals surface area (Å²) >= 11 is 1.75. The molecule has 0 aliphatic rings. The topological polar surface area (TPSA) is 26.0 Å². The van der Waals surface area contributed by atoms with Crippen molar-refractivity contribution in [3.8, 4) is 0 Å². The second kappa shape index (κ2) is 4.56. The van der Waals surface area contributed by atoms with Crippen molar-refractivity contribution in [1.29, 1.82) is 0 Å². The van der Waals surface area contributed by atoms with Crippen molar-refractivity contribution in [2.45, 2.75) is 13.0 Å². The second-order valence-electron chi connectivity index (χ2n) is 4.52. The molecule has 2 aromatic carbocycles. The van der Waals surface area contributed by atoms with Crippen molar-refractivity contribution in [3.05, 3.63) is 69.9 Å². The Balaban J connectivity index is 2.07. The van der Waals surface area contributed by atoms with Crippen LogP contribution in [-0.2, 0) is 0 Å². The summed E-state index contributed by atoms with van der Waals surface area (Å²) in [6.07, 6.45) is 0. The van der Waals surface area contributed by atoms with E-state index >= 15 is 0 Å². The molecule has 0 radical (unpaired) electrons. The van der Waals surface area contributed by atoms with Crippen molar-refractivity contribution in [1.82, 2.24) is 0 Å². The van der Waals surface area contributed by atoms with Crippen molar-refractivity contribution in [2.24, 2.45) is 5.73 Å². The van der Waals surface area contributed by atoms with Gasteiger partial charge < -0.3 is 5.73 Å². The summed E-state index contributed by atoms with van der Waals surface area (Å²) in [4.78, 5) is 1.30. The normalized spacial score (nSPS) is 12.8. The Morgan fingerprint density at radius 2 is 1.78 bits per heavy atom. The highest BCUT2D eigenvalue weighted by Crippen LogP contribution is 2.28. The molecule has 0 saturated carbocycles. The maximum Gasteiger partial charge on any atom is 0.0562 e. The molecule has 0 bridgehead atoms. The number of hydrogen-bond donors (Lipinski definition) is 1. The molecule has 0 spiro atoms. The average molecular weight is 253 g/mol. The van der Waals surface area contributed by atoms with Crippen LogP contribution in [0.2, 0.25) is 0 Å². The van der Waals surface area contributed by atoms with E-state index < -0.39 is 0 Å². The Kier molecular flexibility index (Phi) is 2.90. The van der Waals surface area contributed by atoms with Crippen LogP contribution in [0.1, 0.15) is 22.0 Å². The summed E-state index contributed by atoms with van der Waals surface area (Å²) in [5.41, 5.74) is 8.77. The van der Waals surface area contributed by atoms with E-state index in [1.54, 1.807) is 11.3 Å². The summed E-state index contributed by atoms with van der Waals surface area (Å²) in [6, 6.07) is 16.9. The first kappa shape index (κ1) is 11.5. The molecular weight excluding hydrogens is 238 g/mol. The van der Waals surface area contributed by atoms with Crippen molar-refractivity contribution in [2.75, 3.05) is 0 Å². The fraction of sp³-hybridized carbons (Fsp3) is 0.125. The third kappa shape index (κ3) is 1.94. The lowest BCUT2D eigenvalue weighted by atomic mass is 9.97. The minimum atomic E-state index is -0.0270. The van der Waals surface area contributed by atoms with Gasteiger partial charge in [0, 0.05) is 4.88 Å². The quantitative estimate of drug-likeness (QED) is 0.725. The minimum Gasteiger partial charge on any atom is -0.320 e. The van der Waals surface area contributed by atoms with Crippen LogP contribution in [0.3, 0.4) is 0 Å². The summed E-state index contributed by atoms with van der Waals surface area (Å²) in [7, 11) is 0. The summed E-state index contributed by atoms with van der Waals surface area (Å²) in [6.45, 7) is 2.13. The maximum atomic E-state index is 6.36. The standard InChI is InChI=1S/C16H15NS/c1-11-15(8-9-18-11)16(17)14-7-6-12-4-2-3-5-13(12)10-14/h2-10,16H,17H2,1H3. The van der Waals surface area contributed by atoms with E-state index in [1.165, 1.54) is 26.8 Å². The van der Waals surface area contributed by atoms with Gasteiger partial charge in [0.15, 0.2) is 0 Å². The summed E-state index contributed by atoms with van der Waals surface area (Å²) < 4.78 is 0. The second-order valence-corrected chi connectivity index (χ2v) is 5.64. The number of aryl methyl sites for hydroxylation is 1. The highest BCUT2D eigenvalue weighted by molar-refractivity contribution is 7.10. The molecule has 1 aromatic heterocycles. The monoisotopic (exact) mass is 253 g/mol. The number of fused-ring (bicyclic) bond motifs is 1. The first-order chi connectivity index (χ1) is 8.75. The molecule has 0 saturated heterocycles. The van der Waals surface area contributed by atoms with Crippen LogP contribution in [0.15, 0.2) is 53.9 Å². The van der Waals surface area contributed by atoms with E-state index in [2.05, 4.69) is 60.8 Å². The zero-order valence-corrected chi connectivity index (χ0v) is 11.1. The number of rotatable bonds is 2. The predicted molar refractivity (Wildman–Crippen MR) is 79.0 cm³/mol. The minimum absolute atomic E-state index is 0.0270. The smallest absolute Gasteiger partial charge is 0.0562 e. The lowest BCUT2D eigenvalue weighted by molar-refractivity contribution is 0.871. The van der Waals surface area contributed by atoms with Crippen LogP contribution in [0.5, 0.6) is 0 Å². The molecule has 3 rings (SSSR count). The Morgan fingerprint density at radius 3 is 2.50 bits per heavy atom. The third-order valence-corrected chi connectivity index (χ3v) is 4.23. The first-order valence-electron chi connectivity index (χ1n) is 6.04. The molecule has 3 aromatic rings. The molecule has 2 heteroatoms. The average Bonchev–Trinajstić information content (AvgIpc) is 2.83. The van der Waals surface area contributed by atoms with Crippen molar-refractivity contribution in [3.63, 3.8) is 0 Å². The van der Waals surface area contributed by atoms with E-state index in [0.717, 1.165) is 0 Å². The van der Waals surface area contributed by atoms with Gasteiger partial charge in [-0.15, -0.1) is 11.3 Å². The van der Waals surface area contributed by atoms with Gasteiger partial charge in [0.2, 0.25) is 0 Å². The molecule has 0 aliphatic heterocycles. The van der Waals surface area contributed by atoms with Crippen LogP contribution in [-0.4, -0.2) is 0 Å². The molecule has 0 aliphatic carbocycles. The summed E-state index contributed by atoms with van der Waals surface area (Å²) in [5.74, 6) is 0. The third-order valence-electron chi connectivity index (χ3n) is 3.37. The van der Waals surface area contributed by atoms with Gasteiger partial charge in [-0.25, -0.2) is 0 Å². The van der Waals surface area contributed by atoms with Crippen LogP contribution < -0.4 is 5.73 Å². The summed E-state index contributed by atoms with van der Waals surface area (Å²) in [5, 5.41) is 4.61. The lowest BCUT2D eigenvalue weighted by Gasteiger charge is -2.13. The number of thiophene rings is 1. The van der Waals surface area contributed by atoms with Crippen molar-refractivity contribution < 1.29 is 0 Å². The SMILES string of the molecule is Cc1sccc1C(N)c1ccc2ccccc2c1. The van der Waals surface area contributed by atoms with Gasteiger partial charge in [0.1, 0.15) is 0 Å². The zero-order valence-electron chi connectivity index (χ0n) is 10.3. The van der Waals surface area contributed by atoms with Crippen LogP contribution in [0.25, 0.3) is 10.8 Å². The van der Waals surface area contributed by atoms with Gasteiger partial charge in [-0.2, -0.15) is 0 Å². The van der Waals surface area contributed by atoms with E-state index in [1.807, 2.05) is 0 Å².